The predicted molar refractivity (Wildman–Crippen MR) is 78.2 cm³/mol. The lowest BCUT2D eigenvalue weighted by atomic mass is 9.91. The van der Waals surface area contributed by atoms with Gasteiger partial charge in [-0.15, -0.1) is 0 Å². The number of hydrogen-bond donors (Lipinski definition) is 1. The van der Waals surface area contributed by atoms with Crippen molar-refractivity contribution in [2.75, 3.05) is 6.54 Å². The van der Waals surface area contributed by atoms with Crippen molar-refractivity contribution in [3.8, 4) is 0 Å². The molecule has 1 heterocycles. The number of benzene rings is 1. The molecule has 1 N–H and O–H groups in total. The quantitative estimate of drug-likeness (QED) is 0.915. The highest BCUT2D eigenvalue weighted by Gasteiger charge is 2.43. The first kappa shape index (κ1) is 14.6. The van der Waals surface area contributed by atoms with E-state index in [4.69, 9.17) is 0 Å². The zero-order valence-corrected chi connectivity index (χ0v) is 12.6. The van der Waals surface area contributed by atoms with Crippen LogP contribution in [0.3, 0.4) is 0 Å². The standard InChI is InChI=1S/C16H22N2O2/c1-5-16(4)15(20)17-9-14(19)18(16)10-13-7-11(2)6-12(3)8-13/h6-8H,5,9-10H2,1-4H3,(H,17,20). The van der Waals surface area contributed by atoms with Crippen molar-refractivity contribution in [2.45, 2.75) is 46.2 Å². The van der Waals surface area contributed by atoms with E-state index in [1.807, 2.05) is 27.7 Å². The molecule has 0 bridgehead atoms. The molecule has 2 rings (SSSR count). The smallest absolute Gasteiger partial charge is 0.246 e. The third-order valence-corrected chi connectivity index (χ3v) is 4.10. The lowest BCUT2D eigenvalue weighted by Gasteiger charge is -2.43. The summed E-state index contributed by atoms with van der Waals surface area (Å²) in [6.45, 7) is 8.44. The molecule has 0 spiro atoms. The zero-order valence-electron chi connectivity index (χ0n) is 12.6. The van der Waals surface area contributed by atoms with Crippen LogP contribution in [0.25, 0.3) is 0 Å². The molecular formula is C16H22N2O2. The van der Waals surface area contributed by atoms with Gasteiger partial charge in [0.1, 0.15) is 5.54 Å². The van der Waals surface area contributed by atoms with E-state index in [1.165, 1.54) is 11.1 Å². The fourth-order valence-electron chi connectivity index (χ4n) is 2.80. The van der Waals surface area contributed by atoms with Crippen molar-refractivity contribution in [1.29, 1.82) is 0 Å². The Morgan fingerprint density at radius 3 is 2.35 bits per heavy atom. The third-order valence-electron chi connectivity index (χ3n) is 4.10. The van der Waals surface area contributed by atoms with E-state index in [0.29, 0.717) is 13.0 Å². The van der Waals surface area contributed by atoms with Crippen LogP contribution >= 0.6 is 0 Å². The molecule has 2 amide bonds. The van der Waals surface area contributed by atoms with Gasteiger partial charge in [-0.1, -0.05) is 36.2 Å². The Morgan fingerprint density at radius 2 is 1.80 bits per heavy atom. The molecule has 0 saturated carbocycles. The van der Waals surface area contributed by atoms with Crippen LogP contribution in [0.15, 0.2) is 18.2 Å². The van der Waals surface area contributed by atoms with Crippen LogP contribution in [0.1, 0.15) is 37.0 Å². The van der Waals surface area contributed by atoms with Gasteiger partial charge < -0.3 is 10.2 Å². The first-order valence-electron chi connectivity index (χ1n) is 7.03. The van der Waals surface area contributed by atoms with Gasteiger partial charge in [0.15, 0.2) is 0 Å². The van der Waals surface area contributed by atoms with Gasteiger partial charge in [0.25, 0.3) is 0 Å². The molecular weight excluding hydrogens is 252 g/mol. The maximum absolute atomic E-state index is 12.2. The van der Waals surface area contributed by atoms with Crippen molar-refractivity contribution in [3.63, 3.8) is 0 Å². The van der Waals surface area contributed by atoms with Crippen LogP contribution in [0, 0.1) is 13.8 Å². The number of carbonyl (C=O) groups excluding carboxylic acids is 2. The topological polar surface area (TPSA) is 49.4 Å². The van der Waals surface area contributed by atoms with Gasteiger partial charge in [-0.05, 0) is 32.8 Å². The second-order valence-electron chi connectivity index (χ2n) is 5.79. The summed E-state index contributed by atoms with van der Waals surface area (Å²) in [5, 5.41) is 2.68. The second kappa shape index (κ2) is 5.27. The first-order chi connectivity index (χ1) is 9.36. The largest absolute Gasteiger partial charge is 0.345 e. The van der Waals surface area contributed by atoms with Gasteiger partial charge in [0.05, 0.1) is 6.54 Å². The Bertz CT molecular complexity index is 533. The van der Waals surface area contributed by atoms with E-state index in [9.17, 15) is 9.59 Å². The minimum absolute atomic E-state index is 0.0203. The fraction of sp³-hybridized carbons (Fsp3) is 0.500. The van der Waals surface area contributed by atoms with Crippen LogP contribution in [0.4, 0.5) is 0 Å². The number of carbonyl (C=O) groups is 2. The van der Waals surface area contributed by atoms with Gasteiger partial charge in [0, 0.05) is 6.54 Å². The maximum atomic E-state index is 12.2. The zero-order chi connectivity index (χ0) is 14.9. The van der Waals surface area contributed by atoms with E-state index in [1.54, 1.807) is 4.90 Å². The van der Waals surface area contributed by atoms with Gasteiger partial charge in [-0.25, -0.2) is 0 Å². The molecule has 108 valence electrons. The molecule has 4 heteroatoms. The number of piperazine rings is 1. The molecule has 4 nitrogen and oxygen atoms in total. The average molecular weight is 274 g/mol. The molecule has 0 radical (unpaired) electrons. The van der Waals surface area contributed by atoms with Crippen LogP contribution in [0.2, 0.25) is 0 Å². The SMILES string of the molecule is CCC1(C)C(=O)NCC(=O)N1Cc1cc(C)cc(C)c1. The summed E-state index contributed by atoms with van der Waals surface area (Å²) in [5.74, 6) is -0.0860. The third kappa shape index (κ3) is 2.55. The summed E-state index contributed by atoms with van der Waals surface area (Å²) in [6, 6.07) is 6.25. The highest BCUT2D eigenvalue weighted by molar-refractivity contribution is 5.97. The molecule has 1 unspecified atom stereocenters. The minimum Gasteiger partial charge on any atom is -0.345 e. The van der Waals surface area contributed by atoms with E-state index < -0.39 is 5.54 Å². The molecule has 0 aromatic heterocycles. The highest BCUT2D eigenvalue weighted by Crippen LogP contribution is 2.25. The average Bonchev–Trinajstić information content (AvgIpc) is 2.38. The van der Waals surface area contributed by atoms with E-state index in [2.05, 4.69) is 23.5 Å². The summed E-state index contributed by atoms with van der Waals surface area (Å²) < 4.78 is 0. The Labute approximate surface area is 120 Å². The number of nitrogens with zero attached hydrogens (tertiary/aromatic N) is 1. The number of nitrogens with one attached hydrogen (secondary N) is 1. The molecule has 1 aromatic rings. The summed E-state index contributed by atoms with van der Waals surface area (Å²) in [7, 11) is 0. The Balaban J connectivity index is 2.33. The van der Waals surface area contributed by atoms with E-state index in [0.717, 1.165) is 5.56 Å². The first-order valence-corrected chi connectivity index (χ1v) is 7.03. The Kier molecular flexibility index (Phi) is 3.84. The van der Waals surface area contributed by atoms with Crippen LogP contribution in [-0.2, 0) is 16.1 Å². The van der Waals surface area contributed by atoms with E-state index in [-0.39, 0.29) is 18.4 Å². The normalized spacial score (nSPS) is 22.9. The minimum atomic E-state index is -0.757. The van der Waals surface area contributed by atoms with Crippen LogP contribution < -0.4 is 5.32 Å². The molecule has 1 fully saturated rings. The molecule has 1 aliphatic rings. The molecule has 0 aliphatic carbocycles. The molecule has 20 heavy (non-hydrogen) atoms. The lowest BCUT2D eigenvalue weighted by Crippen LogP contribution is -2.65. The summed E-state index contributed by atoms with van der Waals surface area (Å²) in [5.41, 5.74) is 2.66. The summed E-state index contributed by atoms with van der Waals surface area (Å²) in [4.78, 5) is 26.0. The Morgan fingerprint density at radius 1 is 1.20 bits per heavy atom. The monoisotopic (exact) mass is 274 g/mol. The number of hydrogen-bond acceptors (Lipinski definition) is 2. The van der Waals surface area contributed by atoms with Crippen molar-refractivity contribution in [2.24, 2.45) is 0 Å². The Hall–Kier alpha value is -1.84. The van der Waals surface area contributed by atoms with Gasteiger partial charge in [0.2, 0.25) is 11.8 Å². The predicted octanol–water partition coefficient (Wildman–Crippen LogP) is 1.93. The van der Waals surface area contributed by atoms with Crippen LogP contribution in [0.5, 0.6) is 0 Å². The molecule has 1 atom stereocenters. The highest BCUT2D eigenvalue weighted by atomic mass is 16.2. The van der Waals surface area contributed by atoms with Gasteiger partial charge >= 0.3 is 0 Å². The number of rotatable bonds is 3. The van der Waals surface area contributed by atoms with Gasteiger partial charge in [-0.3, -0.25) is 9.59 Å². The lowest BCUT2D eigenvalue weighted by molar-refractivity contribution is -0.153. The maximum Gasteiger partial charge on any atom is 0.246 e. The molecule has 1 aliphatic heterocycles. The summed E-state index contributed by atoms with van der Waals surface area (Å²) in [6.07, 6.45) is 0.607. The molecule has 1 aromatic carbocycles. The van der Waals surface area contributed by atoms with Crippen molar-refractivity contribution in [3.05, 3.63) is 34.9 Å². The second-order valence-corrected chi connectivity index (χ2v) is 5.79. The molecule has 1 saturated heterocycles. The van der Waals surface area contributed by atoms with Crippen molar-refractivity contribution in [1.82, 2.24) is 10.2 Å². The number of aryl methyl sites for hydroxylation is 2. The van der Waals surface area contributed by atoms with Gasteiger partial charge in [-0.2, -0.15) is 0 Å². The van der Waals surface area contributed by atoms with Crippen molar-refractivity contribution < 1.29 is 9.59 Å². The van der Waals surface area contributed by atoms with Crippen LogP contribution in [-0.4, -0.2) is 28.8 Å². The van der Waals surface area contributed by atoms with E-state index >= 15 is 0 Å². The van der Waals surface area contributed by atoms with Crippen molar-refractivity contribution >= 4 is 11.8 Å². The summed E-state index contributed by atoms with van der Waals surface area (Å²) >= 11 is 0. The fourth-order valence-corrected chi connectivity index (χ4v) is 2.80. The number of amides is 2.